The molecule has 5 nitrogen and oxygen atoms in total. The van der Waals surface area contributed by atoms with Crippen molar-refractivity contribution in [3.05, 3.63) is 53.9 Å². The van der Waals surface area contributed by atoms with Crippen LogP contribution in [-0.2, 0) is 6.54 Å². The standard InChI is InChI=1S/C22H25N3O2/c1-2-8-23-17(3-1)12-25-13-18(16-4-5-19-20(11-16)27-14-26-19)22-21(25)15-6-9-24(22)10-7-15/h1-5,8,11,15,18,21-22H,6-7,9-10,12-14H2/t18-,21+,22+/m0/s1. The van der Waals surface area contributed by atoms with Crippen molar-refractivity contribution < 1.29 is 9.47 Å². The fourth-order valence-electron chi connectivity index (χ4n) is 5.86. The van der Waals surface area contributed by atoms with Gasteiger partial charge >= 0.3 is 0 Å². The number of pyridine rings is 1. The van der Waals surface area contributed by atoms with Crippen LogP contribution >= 0.6 is 0 Å². The van der Waals surface area contributed by atoms with Gasteiger partial charge < -0.3 is 9.47 Å². The molecule has 7 rings (SSSR count). The third-order valence-electron chi connectivity index (χ3n) is 7.01. The lowest BCUT2D eigenvalue weighted by atomic mass is 9.75. The molecule has 0 N–H and O–H groups in total. The van der Waals surface area contributed by atoms with E-state index in [4.69, 9.17) is 9.47 Å². The van der Waals surface area contributed by atoms with Crippen LogP contribution in [0.25, 0.3) is 0 Å². The summed E-state index contributed by atoms with van der Waals surface area (Å²) in [6, 6.07) is 14.1. The number of hydrogen-bond donors (Lipinski definition) is 0. The highest BCUT2D eigenvalue weighted by atomic mass is 16.7. The summed E-state index contributed by atoms with van der Waals surface area (Å²) in [5.74, 6) is 3.13. The first-order chi connectivity index (χ1) is 13.4. The Balaban J connectivity index is 1.35. The number of nitrogens with zero attached hydrogens (tertiary/aromatic N) is 3. The molecule has 2 bridgehead atoms. The van der Waals surface area contributed by atoms with E-state index in [1.165, 1.54) is 37.2 Å². The molecule has 0 saturated carbocycles. The molecule has 140 valence electrons. The van der Waals surface area contributed by atoms with E-state index >= 15 is 0 Å². The van der Waals surface area contributed by atoms with Crippen LogP contribution in [0.5, 0.6) is 11.5 Å². The molecule has 5 heteroatoms. The minimum absolute atomic E-state index is 0.343. The Morgan fingerprint density at radius 2 is 1.89 bits per heavy atom. The third-order valence-corrected chi connectivity index (χ3v) is 7.01. The van der Waals surface area contributed by atoms with Crippen LogP contribution in [0.4, 0.5) is 0 Å². The summed E-state index contributed by atoms with van der Waals surface area (Å²) in [6.07, 6.45) is 4.59. The number of likely N-dealkylation sites (tertiary alicyclic amines) is 1. The molecule has 4 saturated heterocycles. The van der Waals surface area contributed by atoms with Crippen LogP contribution in [-0.4, -0.2) is 53.3 Å². The molecular weight excluding hydrogens is 338 g/mol. The van der Waals surface area contributed by atoms with E-state index in [2.05, 4.69) is 45.1 Å². The molecule has 0 spiro atoms. The number of aromatic nitrogens is 1. The molecule has 0 amide bonds. The minimum Gasteiger partial charge on any atom is -0.454 e. The molecule has 1 aromatic heterocycles. The maximum atomic E-state index is 5.66. The second-order valence-electron chi connectivity index (χ2n) is 8.32. The number of hydrogen-bond acceptors (Lipinski definition) is 5. The lowest BCUT2D eigenvalue weighted by molar-refractivity contribution is -0.00898. The normalized spacial score (nSPS) is 34.0. The molecule has 4 fully saturated rings. The monoisotopic (exact) mass is 363 g/mol. The molecule has 0 aliphatic carbocycles. The second-order valence-corrected chi connectivity index (χ2v) is 8.32. The molecule has 0 radical (unpaired) electrons. The first-order valence-corrected chi connectivity index (χ1v) is 10.1. The third kappa shape index (κ3) is 2.56. The van der Waals surface area contributed by atoms with Gasteiger partial charge in [-0.15, -0.1) is 0 Å². The van der Waals surface area contributed by atoms with E-state index in [0.717, 1.165) is 30.5 Å². The Hall–Kier alpha value is -2.11. The lowest BCUT2D eigenvalue weighted by Crippen LogP contribution is -2.60. The van der Waals surface area contributed by atoms with E-state index in [-0.39, 0.29) is 0 Å². The van der Waals surface area contributed by atoms with Gasteiger partial charge in [0, 0.05) is 37.3 Å². The van der Waals surface area contributed by atoms with Crippen LogP contribution < -0.4 is 9.47 Å². The van der Waals surface area contributed by atoms with Crippen molar-refractivity contribution in [1.82, 2.24) is 14.8 Å². The molecular formula is C22H25N3O2. The van der Waals surface area contributed by atoms with Gasteiger partial charge in [0.2, 0.25) is 6.79 Å². The average Bonchev–Trinajstić information content (AvgIpc) is 3.35. The van der Waals surface area contributed by atoms with Gasteiger partial charge in [0.25, 0.3) is 0 Å². The van der Waals surface area contributed by atoms with Gasteiger partial charge in [0.1, 0.15) is 0 Å². The molecule has 2 aromatic rings. The highest BCUT2D eigenvalue weighted by molar-refractivity contribution is 5.46. The van der Waals surface area contributed by atoms with Gasteiger partial charge in [-0.2, -0.15) is 0 Å². The molecule has 27 heavy (non-hydrogen) atoms. The minimum atomic E-state index is 0.343. The van der Waals surface area contributed by atoms with E-state index in [9.17, 15) is 0 Å². The van der Waals surface area contributed by atoms with Crippen molar-refractivity contribution in [1.29, 1.82) is 0 Å². The maximum Gasteiger partial charge on any atom is 0.231 e. The van der Waals surface area contributed by atoms with Gasteiger partial charge in [-0.1, -0.05) is 12.1 Å². The lowest BCUT2D eigenvalue weighted by Gasteiger charge is -2.51. The number of benzene rings is 1. The summed E-state index contributed by atoms with van der Waals surface area (Å²) in [4.78, 5) is 10.1. The Bertz CT molecular complexity index is 835. The van der Waals surface area contributed by atoms with Crippen LogP contribution in [0.1, 0.15) is 30.0 Å². The highest BCUT2D eigenvalue weighted by Gasteiger charge is 2.53. The number of piperidine rings is 3. The molecule has 3 atom stereocenters. The average molecular weight is 363 g/mol. The summed E-state index contributed by atoms with van der Waals surface area (Å²) < 4.78 is 11.2. The Labute approximate surface area is 159 Å². The van der Waals surface area contributed by atoms with Gasteiger partial charge in [0.15, 0.2) is 11.5 Å². The van der Waals surface area contributed by atoms with Gasteiger partial charge in [-0.05, 0) is 61.7 Å². The molecule has 6 heterocycles. The summed E-state index contributed by atoms with van der Waals surface area (Å²) in [6.45, 7) is 4.90. The van der Waals surface area contributed by atoms with E-state index in [1.54, 1.807) is 0 Å². The molecule has 5 aliphatic heterocycles. The number of rotatable bonds is 3. The van der Waals surface area contributed by atoms with Crippen molar-refractivity contribution in [3.8, 4) is 11.5 Å². The van der Waals surface area contributed by atoms with E-state index in [1.807, 2.05) is 12.3 Å². The zero-order valence-corrected chi connectivity index (χ0v) is 15.5. The van der Waals surface area contributed by atoms with Crippen molar-refractivity contribution >= 4 is 0 Å². The smallest absolute Gasteiger partial charge is 0.231 e. The van der Waals surface area contributed by atoms with Crippen molar-refractivity contribution in [2.24, 2.45) is 5.92 Å². The first kappa shape index (κ1) is 15.9. The SMILES string of the molecule is c1ccc(CN2C[C@@H](c3ccc4c(c3)OCO4)[C@@H]3[C@H]2C2CCN3CC2)nc1. The Morgan fingerprint density at radius 3 is 2.74 bits per heavy atom. The quantitative estimate of drug-likeness (QED) is 0.838. The van der Waals surface area contributed by atoms with Crippen molar-refractivity contribution in [2.45, 2.75) is 37.4 Å². The number of fused-ring (bicyclic) bond motifs is 3. The van der Waals surface area contributed by atoms with Crippen LogP contribution in [0.2, 0.25) is 0 Å². The molecule has 5 aliphatic rings. The summed E-state index contributed by atoms with van der Waals surface area (Å²) in [5.41, 5.74) is 2.57. The second kappa shape index (κ2) is 6.21. The molecule has 1 aromatic carbocycles. The zero-order valence-electron chi connectivity index (χ0n) is 15.5. The number of ether oxygens (including phenoxy) is 2. The predicted octanol–water partition coefficient (Wildman–Crippen LogP) is 2.87. The Morgan fingerprint density at radius 1 is 1.00 bits per heavy atom. The Kier molecular flexibility index (Phi) is 3.66. The fourth-order valence-corrected chi connectivity index (χ4v) is 5.86. The van der Waals surface area contributed by atoms with E-state index < -0.39 is 0 Å². The summed E-state index contributed by atoms with van der Waals surface area (Å²) in [7, 11) is 0. The fraction of sp³-hybridized carbons (Fsp3) is 0.500. The largest absolute Gasteiger partial charge is 0.454 e. The molecule has 0 unspecified atom stereocenters. The topological polar surface area (TPSA) is 37.8 Å². The van der Waals surface area contributed by atoms with Crippen molar-refractivity contribution in [3.63, 3.8) is 0 Å². The zero-order chi connectivity index (χ0) is 17.8. The summed E-state index contributed by atoms with van der Waals surface area (Å²) >= 11 is 0. The van der Waals surface area contributed by atoms with Crippen LogP contribution in [0.15, 0.2) is 42.6 Å². The van der Waals surface area contributed by atoms with Gasteiger partial charge in [-0.25, -0.2) is 0 Å². The van der Waals surface area contributed by atoms with Crippen LogP contribution in [0.3, 0.4) is 0 Å². The maximum absolute atomic E-state index is 5.66. The van der Waals surface area contributed by atoms with Crippen molar-refractivity contribution in [2.75, 3.05) is 26.4 Å². The first-order valence-electron chi connectivity index (χ1n) is 10.1. The predicted molar refractivity (Wildman–Crippen MR) is 102 cm³/mol. The van der Waals surface area contributed by atoms with Crippen LogP contribution in [0, 0.1) is 5.92 Å². The van der Waals surface area contributed by atoms with Gasteiger partial charge in [-0.3, -0.25) is 14.8 Å². The highest BCUT2D eigenvalue weighted by Crippen LogP contribution is 2.48. The van der Waals surface area contributed by atoms with Gasteiger partial charge in [0.05, 0.1) is 5.69 Å². The van der Waals surface area contributed by atoms with E-state index in [0.29, 0.717) is 24.8 Å². The summed E-state index contributed by atoms with van der Waals surface area (Å²) in [5, 5.41) is 0.